The summed E-state index contributed by atoms with van der Waals surface area (Å²) in [7, 11) is 0. The van der Waals surface area contributed by atoms with Crippen molar-refractivity contribution in [2.45, 2.75) is 0 Å². The zero-order chi connectivity index (χ0) is 0. The Bertz CT molecular complexity index is 8.00. The molecule has 0 aliphatic rings. The molecule has 0 amide bonds. The van der Waals surface area contributed by atoms with E-state index < -0.39 is 0 Å². The summed E-state index contributed by atoms with van der Waals surface area (Å²) >= 11 is 0. The monoisotopic (exact) mass is 399 g/mol. The number of rotatable bonds is 0. The second-order valence-corrected chi connectivity index (χ2v) is 0. The van der Waals surface area contributed by atoms with Crippen molar-refractivity contribution in [3.8, 4) is 0 Å². The first-order valence-electron chi connectivity index (χ1n) is 0. The van der Waals surface area contributed by atoms with Crippen LogP contribution in [0.3, 0.4) is 0 Å². The average molecular weight is 397 g/mol. The summed E-state index contributed by atoms with van der Waals surface area (Å²) in [6.07, 6.45) is 0. The van der Waals surface area contributed by atoms with Crippen molar-refractivity contribution in [3.63, 3.8) is 0 Å². The maximum atomic E-state index is 0. The van der Waals surface area contributed by atoms with Gasteiger partial charge < -0.3 is 0 Å². The number of hydrogen-bond acceptors (Lipinski definition) is 0. The molecule has 0 saturated heterocycles. The SMILES string of the molecule is [Fe].[Ir].[Ru].[Ti]. The van der Waals surface area contributed by atoms with Gasteiger partial charge in [-0.05, 0) is 0 Å². The minimum Gasteiger partial charge on any atom is 0 e. The molecule has 4 heavy (non-hydrogen) atoms. The summed E-state index contributed by atoms with van der Waals surface area (Å²) < 4.78 is 0. The molecular formula is FeIrRuTi. The molecule has 0 aromatic rings. The third-order valence-corrected chi connectivity index (χ3v) is 0. The zero-order valence-corrected chi connectivity index (χ0v) is 8.34. The Morgan fingerprint density at radius 2 is 1.00 bits per heavy atom. The molecule has 0 unspecified atom stereocenters. The normalized spacial score (nSPS) is 0. The van der Waals surface area contributed by atoms with E-state index >= 15 is 0 Å². The van der Waals surface area contributed by atoms with Crippen molar-refractivity contribution in [1.82, 2.24) is 0 Å². The topological polar surface area (TPSA) is 0 Å². The van der Waals surface area contributed by atoms with Gasteiger partial charge in [-0.3, -0.25) is 0 Å². The predicted octanol–water partition coefficient (Wildman–Crippen LogP) is -0.0100. The Balaban J connectivity index is 0. The molecule has 0 heterocycles. The van der Waals surface area contributed by atoms with Crippen LogP contribution in [0.5, 0.6) is 0 Å². The minimum atomic E-state index is 0. The molecule has 0 N–H and O–H groups in total. The summed E-state index contributed by atoms with van der Waals surface area (Å²) in [6, 6.07) is 0. The molecule has 0 bridgehead atoms. The molecule has 4 heteroatoms. The maximum absolute atomic E-state index is 0. The van der Waals surface area contributed by atoms with Gasteiger partial charge in [-0.2, -0.15) is 0 Å². The van der Waals surface area contributed by atoms with Crippen LogP contribution in [0.4, 0.5) is 0 Å². The maximum Gasteiger partial charge on any atom is 0 e. The molecule has 1 radical (unpaired) electrons. The van der Waals surface area contributed by atoms with E-state index in [0.29, 0.717) is 0 Å². The Morgan fingerprint density at radius 1 is 1.00 bits per heavy atom. The van der Waals surface area contributed by atoms with Crippen LogP contribution in [-0.2, 0) is 78.4 Å². The quantitative estimate of drug-likeness (QED) is 0.505. The van der Waals surface area contributed by atoms with Crippen molar-refractivity contribution >= 4 is 0 Å². The second kappa shape index (κ2) is 17.8. The minimum absolute atomic E-state index is 0. The van der Waals surface area contributed by atoms with Gasteiger partial charge in [0.1, 0.15) is 0 Å². The standard InChI is InChI=1S/Fe.Ir.Ru.Ti. The van der Waals surface area contributed by atoms with Crippen LogP contribution < -0.4 is 0 Å². The van der Waals surface area contributed by atoms with Gasteiger partial charge >= 0.3 is 0 Å². The van der Waals surface area contributed by atoms with Crippen molar-refractivity contribution in [1.29, 1.82) is 0 Å². The molecule has 0 aliphatic heterocycles. The van der Waals surface area contributed by atoms with Gasteiger partial charge in [-0.25, -0.2) is 0 Å². The van der Waals surface area contributed by atoms with Gasteiger partial charge in [-0.15, -0.1) is 0 Å². The summed E-state index contributed by atoms with van der Waals surface area (Å²) in [6.45, 7) is 0. The van der Waals surface area contributed by atoms with Gasteiger partial charge in [0.2, 0.25) is 0 Å². The van der Waals surface area contributed by atoms with Crippen LogP contribution in [0, 0.1) is 0 Å². The molecule has 0 atom stereocenters. The molecule has 0 nitrogen and oxygen atoms in total. The fraction of sp³-hybridized carbons (Fsp3) is 0. The van der Waals surface area contributed by atoms with Crippen molar-refractivity contribution in [3.05, 3.63) is 0 Å². The van der Waals surface area contributed by atoms with Gasteiger partial charge in [0.25, 0.3) is 0 Å². The van der Waals surface area contributed by atoms with E-state index in [2.05, 4.69) is 0 Å². The Morgan fingerprint density at radius 3 is 1.00 bits per heavy atom. The largest absolute Gasteiger partial charge is 0 e. The van der Waals surface area contributed by atoms with Gasteiger partial charge in [0.05, 0.1) is 0 Å². The molecule has 0 aromatic heterocycles. The van der Waals surface area contributed by atoms with Gasteiger partial charge in [0.15, 0.2) is 0 Å². The van der Waals surface area contributed by atoms with E-state index in [9.17, 15) is 0 Å². The van der Waals surface area contributed by atoms with E-state index in [0.717, 1.165) is 0 Å². The van der Waals surface area contributed by atoms with Crippen LogP contribution in [-0.4, -0.2) is 0 Å². The molecule has 29 valence electrons. The molecule has 0 fully saturated rings. The van der Waals surface area contributed by atoms with Crippen molar-refractivity contribution in [2.75, 3.05) is 0 Å². The summed E-state index contributed by atoms with van der Waals surface area (Å²) in [5, 5.41) is 0. The van der Waals surface area contributed by atoms with E-state index in [4.69, 9.17) is 0 Å². The molecule has 0 rings (SSSR count). The fourth-order valence-corrected chi connectivity index (χ4v) is 0. The van der Waals surface area contributed by atoms with Gasteiger partial charge in [-0.1, -0.05) is 0 Å². The number of hydrogen-bond donors (Lipinski definition) is 0. The van der Waals surface area contributed by atoms with Crippen molar-refractivity contribution < 1.29 is 78.4 Å². The van der Waals surface area contributed by atoms with Crippen LogP contribution in [0.25, 0.3) is 0 Å². The first-order valence-corrected chi connectivity index (χ1v) is 0. The van der Waals surface area contributed by atoms with Crippen LogP contribution in [0.2, 0.25) is 0 Å². The van der Waals surface area contributed by atoms with E-state index in [-0.39, 0.29) is 78.4 Å². The predicted molar refractivity (Wildman–Crippen MR) is 0 cm³/mol. The zero-order valence-electron chi connectivity index (χ0n) is 1.54. The van der Waals surface area contributed by atoms with Gasteiger partial charge in [0, 0.05) is 78.4 Å². The molecule has 0 aromatic carbocycles. The van der Waals surface area contributed by atoms with Crippen LogP contribution >= 0.6 is 0 Å². The van der Waals surface area contributed by atoms with Crippen molar-refractivity contribution in [2.24, 2.45) is 0 Å². The summed E-state index contributed by atoms with van der Waals surface area (Å²) in [5.41, 5.74) is 0. The van der Waals surface area contributed by atoms with Crippen LogP contribution in [0.15, 0.2) is 0 Å². The van der Waals surface area contributed by atoms with E-state index in [1.807, 2.05) is 0 Å². The van der Waals surface area contributed by atoms with Crippen LogP contribution in [0.1, 0.15) is 0 Å². The third-order valence-electron chi connectivity index (χ3n) is 0. The first kappa shape index (κ1) is 31.4. The Labute approximate surface area is 77.3 Å². The fourth-order valence-electron chi connectivity index (χ4n) is 0. The first-order chi connectivity index (χ1) is 0. The second-order valence-electron chi connectivity index (χ2n) is 0. The average Bonchev–Trinajstić information content (AvgIpc) is 0. The molecule has 0 aliphatic carbocycles. The summed E-state index contributed by atoms with van der Waals surface area (Å²) in [5.74, 6) is 0. The third kappa shape index (κ3) is 8.82. The molecule has 0 spiro atoms. The Kier molecular flexibility index (Phi) is 140. The smallest absolute Gasteiger partial charge is 0 e. The van der Waals surface area contributed by atoms with E-state index in [1.165, 1.54) is 0 Å². The Hall–Kier alpha value is 2.51. The summed E-state index contributed by atoms with van der Waals surface area (Å²) in [4.78, 5) is 0. The molecular weight excluding hydrogens is 397 g/mol. The molecule has 0 saturated carbocycles. The van der Waals surface area contributed by atoms with E-state index in [1.54, 1.807) is 0 Å².